The van der Waals surface area contributed by atoms with E-state index in [1.54, 1.807) is 20.8 Å². The second kappa shape index (κ2) is 11.3. The number of esters is 2. The van der Waals surface area contributed by atoms with Gasteiger partial charge in [-0.2, -0.15) is 0 Å². The molecule has 0 aliphatic rings. The Kier molecular flexibility index (Phi) is 9.17. The molecule has 6 nitrogen and oxygen atoms in total. The van der Waals surface area contributed by atoms with Gasteiger partial charge in [0, 0.05) is 18.9 Å². The first kappa shape index (κ1) is 28.4. The smallest absolute Gasteiger partial charge is 0.348 e. The van der Waals surface area contributed by atoms with E-state index in [0.29, 0.717) is 23.7 Å². The van der Waals surface area contributed by atoms with Gasteiger partial charge in [-0.25, -0.2) is 4.79 Å². The lowest BCUT2D eigenvalue weighted by Crippen LogP contribution is -2.43. The first-order valence-corrected chi connectivity index (χ1v) is 14.9. The zero-order valence-corrected chi connectivity index (χ0v) is 23.6. The average molecular weight is 501 g/mol. The Labute approximate surface area is 211 Å². The van der Waals surface area contributed by atoms with E-state index in [1.807, 2.05) is 48.5 Å². The van der Waals surface area contributed by atoms with Gasteiger partial charge < -0.3 is 18.6 Å². The van der Waals surface area contributed by atoms with Crippen LogP contribution in [0.4, 0.5) is 0 Å². The van der Waals surface area contributed by atoms with Crippen molar-refractivity contribution in [1.82, 2.24) is 0 Å². The molecule has 0 N–H and O–H groups in total. The molecule has 0 aliphatic carbocycles. The van der Waals surface area contributed by atoms with Crippen molar-refractivity contribution in [2.24, 2.45) is 0 Å². The first-order valence-electron chi connectivity index (χ1n) is 12.0. The van der Waals surface area contributed by atoms with Crippen molar-refractivity contribution in [3.8, 4) is 11.5 Å². The van der Waals surface area contributed by atoms with Crippen LogP contribution in [-0.4, -0.2) is 32.0 Å². The van der Waals surface area contributed by atoms with E-state index in [0.717, 1.165) is 5.56 Å². The summed E-state index contributed by atoms with van der Waals surface area (Å²) in [5, 5.41) is 0.0203. The van der Waals surface area contributed by atoms with Crippen LogP contribution in [0.2, 0.25) is 18.1 Å². The van der Waals surface area contributed by atoms with Crippen molar-refractivity contribution in [2.75, 3.05) is 0 Å². The second-order valence-electron chi connectivity index (χ2n) is 11.2. The van der Waals surface area contributed by atoms with Gasteiger partial charge in [-0.1, -0.05) is 51.1 Å². The number of carbonyl (C=O) groups excluding carboxylic acids is 2. The van der Waals surface area contributed by atoms with Crippen molar-refractivity contribution in [2.45, 2.75) is 91.3 Å². The molecule has 0 saturated carbocycles. The van der Waals surface area contributed by atoms with Gasteiger partial charge >= 0.3 is 11.9 Å². The highest BCUT2D eigenvalue weighted by atomic mass is 28.4. The third-order valence-corrected chi connectivity index (χ3v) is 10.2. The fourth-order valence-electron chi connectivity index (χ4n) is 3.04. The summed E-state index contributed by atoms with van der Waals surface area (Å²) in [5.74, 6) is 0.139. The van der Waals surface area contributed by atoms with E-state index < -0.39 is 32.0 Å². The zero-order valence-electron chi connectivity index (χ0n) is 22.6. The molecule has 0 radical (unpaired) electrons. The van der Waals surface area contributed by atoms with Crippen LogP contribution in [0.5, 0.6) is 11.5 Å². The fourth-order valence-corrected chi connectivity index (χ4v) is 4.07. The number of carbonyl (C=O) groups is 2. The topological polar surface area (TPSA) is 71.1 Å². The third-order valence-electron chi connectivity index (χ3n) is 5.83. The van der Waals surface area contributed by atoms with Crippen LogP contribution < -0.4 is 9.16 Å². The normalized spacial score (nSPS) is 13.1. The number of ether oxygens (including phenoxy) is 3. The van der Waals surface area contributed by atoms with Crippen LogP contribution in [0.25, 0.3) is 0 Å². The van der Waals surface area contributed by atoms with Crippen LogP contribution in [0.1, 0.15) is 59.6 Å². The molecule has 7 heteroatoms. The Bertz CT molecular complexity index is 1000. The minimum Gasteiger partial charge on any atom is -0.543 e. The van der Waals surface area contributed by atoms with E-state index >= 15 is 0 Å². The molecule has 0 aliphatic heterocycles. The molecular weight excluding hydrogens is 460 g/mol. The first-order chi connectivity index (χ1) is 16.1. The monoisotopic (exact) mass is 500 g/mol. The van der Waals surface area contributed by atoms with E-state index in [2.05, 4.69) is 33.9 Å². The highest BCUT2D eigenvalue weighted by molar-refractivity contribution is 6.74. The third kappa shape index (κ3) is 9.05. The average Bonchev–Trinajstić information content (AvgIpc) is 2.71. The van der Waals surface area contributed by atoms with Gasteiger partial charge in [0.1, 0.15) is 23.7 Å². The lowest BCUT2D eigenvalue weighted by molar-refractivity contribution is -0.174. The Morgan fingerprint density at radius 1 is 0.943 bits per heavy atom. The largest absolute Gasteiger partial charge is 0.543 e. The maximum Gasteiger partial charge on any atom is 0.348 e. The molecule has 2 aromatic rings. The highest BCUT2D eigenvalue weighted by Gasteiger charge is 2.39. The van der Waals surface area contributed by atoms with Gasteiger partial charge in [-0.15, -0.1) is 0 Å². The molecule has 35 heavy (non-hydrogen) atoms. The minimum absolute atomic E-state index is 0.0203. The number of hydrogen-bond acceptors (Lipinski definition) is 6. The van der Waals surface area contributed by atoms with E-state index in [9.17, 15) is 9.59 Å². The number of benzene rings is 2. The lowest BCUT2D eigenvalue weighted by Gasteiger charge is -2.36. The van der Waals surface area contributed by atoms with E-state index in [4.69, 9.17) is 18.6 Å². The van der Waals surface area contributed by atoms with E-state index in [-0.39, 0.29) is 11.5 Å². The van der Waals surface area contributed by atoms with Gasteiger partial charge in [0.15, 0.2) is 0 Å². The second-order valence-corrected chi connectivity index (χ2v) is 16.0. The quantitative estimate of drug-likeness (QED) is 0.290. The summed E-state index contributed by atoms with van der Waals surface area (Å²) in [6, 6.07) is 15.4. The molecule has 0 amide bonds. The van der Waals surface area contributed by atoms with Gasteiger partial charge in [-0.05, 0) is 62.7 Å². The van der Waals surface area contributed by atoms with Crippen molar-refractivity contribution in [3.63, 3.8) is 0 Å². The Morgan fingerprint density at radius 2 is 1.57 bits per heavy atom. The molecule has 2 rings (SSSR count). The predicted molar refractivity (Wildman–Crippen MR) is 140 cm³/mol. The molecule has 192 valence electrons. The van der Waals surface area contributed by atoms with Gasteiger partial charge in [0.05, 0.1) is 0 Å². The Morgan fingerprint density at radius 3 is 2.11 bits per heavy atom. The zero-order chi connectivity index (χ0) is 26.4. The van der Waals surface area contributed by atoms with Gasteiger partial charge in [0.25, 0.3) is 0 Å². The SMILES string of the molecule is CC(=O)OC(Cc1cc(O[Si](C)(C)C(C)(C)C)ccc1OCc1ccccc1)C(=O)OC(C)(C)C. The fraction of sp³-hybridized carbons (Fsp3) is 0.500. The molecule has 2 aromatic carbocycles. The molecule has 1 atom stereocenters. The standard InChI is InChI=1S/C28H40O6Si/c1-20(29)32-25(26(30)33-27(2,3)4)18-22-17-23(34-35(8,9)28(5,6)7)15-16-24(22)31-19-21-13-11-10-12-14-21/h10-17,25H,18-19H2,1-9H3. The van der Waals surface area contributed by atoms with Crippen LogP contribution in [0, 0.1) is 0 Å². The van der Waals surface area contributed by atoms with Crippen LogP contribution in [0.15, 0.2) is 48.5 Å². The summed E-state index contributed by atoms with van der Waals surface area (Å²) >= 11 is 0. The molecule has 1 unspecified atom stereocenters. The van der Waals surface area contributed by atoms with Gasteiger partial charge in [-0.3, -0.25) is 4.79 Å². The summed E-state index contributed by atoms with van der Waals surface area (Å²) in [7, 11) is -2.09. The molecule has 0 fully saturated rings. The van der Waals surface area contributed by atoms with Crippen LogP contribution >= 0.6 is 0 Å². The van der Waals surface area contributed by atoms with Crippen molar-refractivity contribution < 1.29 is 28.2 Å². The number of rotatable bonds is 9. The summed E-state index contributed by atoms with van der Waals surface area (Å²) in [6.45, 7) is 17.9. The van der Waals surface area contributed by atoms with Crippen LogP contribution in [-0.2, 0) is 32.1 Å². The lowest BCUT2D eigenvalue weighted by atomic mass is 10.1. The number of hydrogen-bond donors (Lipinski definition) is 0. The molecule has 0 saturated heterocycles. The Hall–Kier alpha value is -2.80. The molecule has 0 bridgehead atoms. The summed E-state index contributed by atoms with van der Waals surface area (Å²) in [6.07, 6.45) is -0.998. The molecule has 0 aromatic heterocycles. The molecule has 0 spiro atoms. The van der Waals surface area contributed by atoms with Crippen molar-refractivity contribution >= 4 is 20.3 Å². The van der Waals surface area contributed by atoms with Crippen molar-refractivity contribution in [3.05, 3.63) is 59.7 Å². The molecule has 0 heterocycles. The maximum atomic E-state index is 12.9. The minimum atomic E-state index is -2.09. The molecular formula is C28H40O6Si. The summed E-state index contributed by atoms with van der Waals surface area (Å²) in [4.78, 5) is 24.7. The Balaban J connectivity index is 2.40. The highest BCUT2D eigenvalue weighted by Crippen LogP contribution is 2.38. The maximum absolute atomic E-state index is 12.9. The summed E-state index contributed by atoms with van der Waals surface area (Å²) < 4.78 is 23.5. The predicted octanol–water partition coefficient (Wildman–Crippen LogP) is 6.47. The van der Waals surface area contributed by atoms with Crippen LogP contribution in [0.3, 0.4) is 0 Å². The summed E-state index contributed by atoms with van der Waals surface area (Å²) in [5.41, 5.74) is 1.01. The van der Waals surface area contributed by atoms with Gasteiger partial charge in [0.2, 0.25) is 14.4 Å². The van der Waals surface area contributed by atoms with Crippen molar-refractivity contribution in [1.29, 1.82) is 0 Å². The van der Waals surface area contributed by atoms with E-state index in [1.165, 1.54) is 6.92 Å².